The van der Waals surface area contributed by atoms with Crippen molar-refractivity contribution in [3.05, 3.63) is 47.8 Å². The van der Waals surface area contributed by atoms with Crippen LogP contribution in [0, 0.1) is 6.92 Å². The SMILES string of the molecule is CNC(C(=O)NCC(C)Oc1cccc(C)c1)c1cnn(C)c1.Cl. The van der Waals surface area contributed by atoms with Gasteiger partial charge >= 0.3 is 0 Å². The molecule has 0 aliphatic rings. The fraction of sp³-hybridized carbons (Fsp3) is 0.412. The molecule has 1 heterocycles. The molecule has 1 amide bonds. The van der Waals surface area contributed by atoms with Crippen molar-refractivity contribution >= 4 is 18.3 Å². The monoisotopic (exact) mass is 352 g/mol. The summed E-state index contributed by atoms with van der Waals surface area (Å²) in [6.07, 6.45) is 3.40. The Morgan fingerprint density at radius 1 is 1.42 bits per heavy atom. The third kappa shape index (κ3) is 5.54. The lowest BCUT2D eigenvalue weighted by Crippen LogP contribution is -2.40. The summed E-state index contributed by atoms with van der Waals surface area (Å²) < 4.78 is 7.49. The van der Waals surface area contributed by atoms with Gasteiger partial charge in [-0.15, -0.1) is 12.4 Å². The van der Waals surface area contributed by atoms with Crippen LogP contribution in [0.4, 0.5) is 0 Å². The van der Waals surface area contributed by atoms with E-state index >= 15 is 0 Å². The second-order valence-electron chi connectivity index (χ2n) is 5.66. The van der Waals surface area contributed by atoms with Crippen LogP contribution in [0.25, 0.3) is 0 Å². The number of aromatic nitrogens is 2. The van der Waals surface area contributed by atoms with Crippen LogP contribution in [0.3, 0.4) is 0 Å². The lowest BCUT2D eigenvalue weighted by Gasteiger charge is -2.18. The maximum absolute atomic E-state index is 12.3. The lowest BCUT2D eigenvalue weighted by atomic mass is 10.1. The third-order valence-electron chi connectivity index (χ3n) is 3.50. The molecule has 2 rings (SSSR count). The van der Waals surface area contributed by atoms with E-state index in [1.807, 2.05) is 51.4 Å². The predicted molar refractivity (Wildman–Crippen MR) is 96.5 cm³/mol. The number of hydrogen-bond acceptors (Lipinski definition) is 4. The molecule has 0 aliphatic heterocycles. The van der Waals surface area contributed by atoms with E-state index in [9.17, 15) is 4.79 Å². The summed E-state index contributed by atoms with van der Waals surface area (Å²) in [7, 11) is 3.58. The summed E-state index contributed by atoms with van der Waals surface area (Å²) in [4.78, 5) is 12.3. The Bertz CT molecular complexity index is 660. The summed E-state index contributed by atoms with van der Waals surface area (Å²) in [5.74, 6) is 0.712. The standard InChI is InChI=1S/C17H24N4O2.ClH/c1-12-6-5-7-15(8-12)23-13(2)9-19-17(22)16(18-3)14-10-20-21(4)11-14;/h5-8,10-11,13,16,18H,9H2,1-4H3,(H,19,22);1H. The van der Waals surface area contributed by atoms with Crippen LogP contribution in [0.1, 0.15) is 24.1 Å². The smallest absolute Gasteiger partial charge is 0.241 e. The first-order valence-electron chi connectivity index (χ1n) is 7.66. The van der Waals surface area contributed by atoms with E-state index in [1.54, 1.807) is 17.9 Å². The van der Waals surface area contributed by atoms with Crippen molar-refractivity contribution in [1.82, 2.24) is 20.4 Å². The largest absolute Gasteiger partial charge is 0.489 e. The summed E-state index contributed by atoms with van der Waals surface area (Å²) in [5, 5.41) is 10.0. The average Bonchev–Trinajstić information content (AvgIpc) is 2.92. The first-order valence-corrected chi connectivity index (χ1v) is 7.66. The average molecular weight is 353 g/mol. The molecule has 1 aromatic heterocycles. The number of nitrogens with zero attached hydrogens (tertiary/aromatic N) is 2. The number of benzene rings is 1. The van der Waals surface area contributed by atoms with Gasteiger partial charge in [0.15, 0.2) is 0 Å². The van der Waals surface area contributed by atoms with Crippen LogP contribution >= 0.6 is 12.4 Å². The van der Waals surface area contributed by atoms with Crippen LogP contribution in [0.5, 0.6) is 5.75 Å². The van der Waals surface area contributed by atoms with Gasteiger partial charge < -0.3 is 15.4 Å². The molecule has 132 valence electrons. The minimum atomic E-state index is -0.421. The van der Waals surface area contributed by atoms with Gasteiger partial charge in [0.2, 0.25) is 5.91 Å². The molecule has 0 fully saturated rings. The second-order valence-corrected chi connectivity index (χ2v) is 5.66. The zero-order valence-electron chi connectivity index (χ0n) is 14.4. The highest BCUT2D eigenvalue weighted by atomic mass is 35.5. The topological polar surface area (TPSA) is 68.2 Å². The van der Waals surface area contributed by atoms with Gasteiger partial charge in [0.1, 0.15) is 17.9 Å². The maximum Gasteiger partial charge on any atom is 0.241 e. The second kappa shape index (κ2) is 9.30. The van der Waals surface area contributed by atoms with Gasteiger partial charge in [-0.1, -0.05) is 12.1 Å². The fourth-order valence-electron chi connectivity index (χ4n) is 2.35. The quantitative estimate of drug-likeness (QED) is 0.799. The molecule has 2 atom stereocenters. The van der Waals surface area contributed by atoms with Gasteiger partial charge in [0.05, 0.1) is 12.7 Å². The van der Waals surface area contributed by atoms with Crippen molar-refractivity contribution in [2.24, 2.45) is 7.05 Å². The van der Waals surface area contributed by atoms with Gasteiger partial charge in [-0.25, -0.2) is 0 Å². The first-order chi connectivity index (χ1) is 11.0. The maximum atomic E-state index is 12.3. The Morgan fingerprint density at radius 2 is 2.17 bits per heavy atom. The van der Waals surface area contributed by atoms with E-state index in [4.69, 9.17) is 4.74 Å². The minimum Gasteiger partial charge on any atom is -0.489 e. The molecular formula is C17H25ClN4O2. The van der Waals surface area contributed by atoms with Gasteiger partial charge in [0.25, 0.3) is 0 Å². The van der Waals surface area contributed by atoms with Crippen LogP contribution < -0.4 is 15.4 Å². The van der Waals surface area contributed by atoms with E-state index in [0.717, 1.165) is 16.9 Å². The third-order valence-corrected chi connectivity index (χ3v) is 3.50. The molecule has 2 unspecified atom stereocenters. The molecule has 2 aromatic rings. The van der Waals surface area contributed by atoms with Crippen molar-refractivity contribution in [1.29, 1.82) is 0 Å². The van der Waals surface area contributed by atoms with E-state index in [-0.39, 0.29) is 24.4 Å². The van der Waals surface area contributed by atoms with E-state index in [1.165, 1.54) is 0 Å². The Labute approximate surface area is 149 Å². The van der Waals surface area contributed by atoms with Gasteiger partial charge in [-0.05, 0) is 38.6 Å². The number of aryl methyl sites for hydroxylation is 2. The molecule has 0 saturated heterocycles. The molecule has 1 aromatic carbocycles. The zero-order chi connectivity index (χ0) is 16.8. The zero-order valence-corrected chi connectivity index (χ0v) is 15.3. The van der Waals surface area contributed by atoms with Crippen molar-refractivity contribution in [2.45, 2.75) is 26.0 Å². The van der Waals surface area contributed by atoms with Crippen molar-refractivity contribution < 1.29 is 9.53 Å². The number of hydrogen-bond donors (Lipinski definition) is 2. The van der Waals surface area contributed by atoms with Crippen molar-refractivity contribution in [3.63, 3.8) is 0 Å². The molecular weight excluding hydrogens is 328 g/mol. The van der Waals surface area contributed by atoms with E-state index < -0.39 is 6.04 Å². The highest BCUT2D eigenvalue weighted by Crippen LogP contribution is 2.14. The molecule has 0 radical (unpaired) electrons. The Morgan fingerprint density at radius 3 is 2.75 bits per heavy atom. The summed E-state index contributed by atoms with van der Waals surface area (Å²) in [6.45, 7) is 4.39. The molecule has 24 heavy (non-hydrogen) atoms. The van der Waals surface area contributed by atoms with Crippen molar-refractivity contribution in [3.8, 4) is 5.75 Å². The minimum absolute atomic E-state index is 0. The molecule has 0 saturated carbocycles. The van der Waals surface area contributed by atoms with Crippen LogP contribution in [0.2, 0.25) is 0 Å². The van der Waals surface area contributed by atoms with Crippen LogP contribution in [-0.2, 0) is 11.8 Å². The molecule has 0 aliphatic carbocycles. The van der Waals surface area contributed by atoms with E-state index in [0.29, 0.717) is 6.54 Å². The number of carbonyl (C=O) groups is 1. The normalized spacial score (nSPS) is 12.8. The number of ether oxygens (including phenoxy) is 1. The molecule has 7 heteroatoms. The molecule has 0 spiro atoms. The van der Waals surface area contributed by atoms with E-state index in [2.05, 4.69) is 15.7 Å². The van der Waals surface area contributed by atoms with Crippen LogP contribution in [-0.4, -0.2) is 35.4 Å². The van der Waals surface area contributed by atoms with Gasteiger partial charge in [-0.2, -0.15) is 5.10 Å². The number of likely N-dealkylation sites (N-methyl/N-ethyl adjacent to an activating group) is 1. The van der Waals surface area contributed by atoms with Crippen LogP contribution in [0.15, 0.2) is 36.7 Å². The number of nitrogens with one attached hydrogen (secondary N) is 2. The van der Waals surface area contributed by atoms with Crippen molar-refractivity contribution in [2.75, 3.05) is 13.6 Å². The Balaban J connectivity index is 0.00000288. The lowest BCUT2D eigenvalue weighted by molar-refractivity contribution is -0.123. The number of amides is 1. The Hall–Kier alpha value is -2.05. The van der Waals surface area contributed by atoms with Gasteiger partial charge in [0, 0.05) is 18.8 Å². The number of halogens is 1. The summed E-state index contributed by atoms with van der Waals surface area (Å²) >= 11 is 0. The molecule has 0 bridgehead atoms. The number of carbonyl (C=O) groups excluding carboxylic acids is 1. The fourth-order valence-corrected chi connectivity index (χ4v) is 2.35. The molecule has 6 nitrogen and oxygen atoms in total. The summed E-state index contributed by atoms with van der Waals surface area (Å²) in [6, 6.07) is 7.44. The highest BCUT2D eigenvalue weighted by Gasteiger charge is 2.20. The predicted octanol–water partition coefficient (Wildman–Crippen LogP) is 1.99. The first kappa shape index (κ1) is 20.0. The molecule has 2 N–H and O–H groups in total. The van der Waals surface area contributed by atoms with Gasteiger partial charge in [-0.3, -0.25) is 9.48 Å². The number of rotatable bonds is 7. The highest BCUT2D eigenvalue weighted by molar-refractivity contribution is 5.85. The Kier molecular flexibility index (Phi) is 7.74. The summed E-state index contributed by atoms with van der Waals surface area (Å²) in [5.41, 5.74) is 1.98.